The van der Waals surface area contributed by atoms with E-state index < -0.39 is 0 Å². The van der Waals surface area contributed by atoms with E-state index in [9.17, 15) is 0 Å². The van der Waals surface area contributed by atoms with E-state index in [1.807, 2.05) is 25.7 Å². The van der Waals surface area contributed by atoms with Crippen LogP contribution < -0.4 is 5.73 Å². The van der Waals surface area contributed by atoms with E-state index in [4.69, 9.17) is 5.73 Å². The topological polar surface area (TPSA) is 43.8 Å². The second kappa shape index (κ2) is 5.76. The Balaban J connectivity index is 2.17. The van der Waals surface area contributed by atoms with Crippen LogP contribution in [0.2, 0.25) is 0 Å². The molecule has 1 heterocycles. The molecule has 0 aliphatic rings. The Bertz CT molecular complexity index is 651. The van der Waals surface area contributed by atoms with E-state index in [2.05, 4.69) is 51.0 Å². The first-order valence-corrected chi connectivity index (χ1v) is 8.20. The molecule has 0 spiro atoms. The standard InChI is InChI=1S/C17H25N3S/c1-11-9-13(17(3,4)5)7-8-15(11)21-10-14-12(2)19-20(6)16(14)18/h7-9H,10,18H2,1-6H3. The van der Waals surface area contributed by atoms with E-state index in [-0.39, 0.29) is 5.41 Å². The summed E-state index contributed by atoms with van der Waals surface area (Å²) < 4.78 is 1.75. The zero-order valence-corrected chi connectivity index (χ0v) is 14.6. The fourth-order valence-corrected chi connectivity index (χ4v) is 3.43. The first kappa shape index (κ1) is 16.0. The minimum absolute atomic E-state index is 0.193. The highest BCUT2D eigenvalue weighted by molar-refractivity contribution is 7.98. The molecule has 0 fully saturated rings. The number of hydrogen-bond donors (Lipinski definition) is 1. The molecule has 2 rings (SSSR count). The minimum atomic E-state index is 0.193. The predicted octanol–water partition coefficient (Wildman–Crippen LogP) is 4.21. The fourth-order valence-electron chi connectivity index (χ4n) is 2.33. The van der Waals surface area contributed by atoms with Gasteiger partial charge in [0, 0.05) is 23.3 Å². The lowest BCUT2D eigenvalue weighted by atomic mass is 9.86. The van der Waals surface area contributed by atoms with Crippen molar-refractivity contribution in [1.82, 2.24) is 9.78 Å². The molecule has 2 aromatic rings. The summed E-state index contributed by atoms with van der Waals surface area (Å²) in [5.41, 5.74) is 11.1. The number of aryl methyl sites for hydroxylation is 3. The lowest BCUT2D eigenvalue weighted by molar-refractivity contribution is 0.589. The van der Waals surface area contributed by atoms with Gasteiger partial charge in [-0.1, -0.05) is 32.9 Å². The van der Waals surface area contributed by atoms with Gasteiger partial charge in [0.2, 0.25) is 0 Å². The molecule has 21 heavy (non-hydrogen) atoms. The highest BCUT2D eigenvalue weighted by Crippen LogP contribution is 2.32. The number of rotatable bonds is 3. The molecule has 0 aliphatic heterocycles. The predicted molar refractivity (Wildman–Crippen MR) is 91.8 cm³/mol. The van der Waals surface area contributed by atoms with Crippen LogP contribution in [0.5, 0.6) is 0 Å². The van der Waals surface area contributed by atoms with Gasteiger partial charge in [0.15, 0.2) is 0 Å². The molecule has 4 heteroatoms. The molecule has 0 amide bonds. The van der Waals surface area contributed by atoms with E-state index in [0.29, 0.717) is 0 Å². The Labute approximate surface area is 131 Å². The number of nitrogens with two attached hydrogens (primary N) is 1. The van der Waals surface area contributed by atoms with Crippen molar-refractivity contribution < 1.29 is 0 Å². The molecule has 114 valence electrons. The summed E-state index contributed by atoms with van der Waals surface area (Å²) >= 11 is 1.83. The zero-order chi connectivity index (χ0) is 15.8. The van der Waals surface area contributed by atoms with Gasteiger partial charge in [-0.15, -0.1) is 11.8 Å². The van der Waals surface area contributed by atoms with Gasteiger partial charge >= 0.3 is 0 Å². The van der Waals surface area contributed by atoms with Gasteiger partial charge in [-0.2, -0.15) is 5.10 Å². The first-order chi connectivity index (χ1) is 9.70. The Morgan fingerprint density at radius 1 is 1.24 bits per heavy atom. The summed E-state index contributed by atoms with van der Waals surface area (Å²) in [6.07, 6.45) is 0. The van der Waals surface area contributed by atoms with Crippen molar-refractivity contribution in [2.45, 2.75) is 50.7 Å². The van der Waals surface area contributed by atoms with Crippen LogP contribution >= 0.6 is 11.8 Å². The molecule has 0 bridgehead atoms. The van der Waals surface area contributed by atoms with Crippen LogP contribution in [-0.4, -0.2) is 9.78 Å². The summed E-state index contributed by atoms with van der Waals surface area (Å²) in [7, 11) is 1.89. The van der Waals surface area contributed by atoms with Crippen molar-refractivity contribution in [1.29, 1.82) is 0 Å². The molecular weight excluding hydrogens is 278 g/mol. The fraction of sp³-hybridized carbons (Fsp3) is 0.471. The number of hydrogen-bond acceptors (Lipinski definition) is 3. The van der Waals surface area contributed by atoms with Crippen LogP contribution in [0.15, 0.2) is 23.1 Å². The molecule has 1 aromatic carbocycles. The highest BCUT2D eigenvalue weighted by Gasteiger charge is 2.15. The normalized spacial score (nSPS) is 11.9. The third-order valence-electron chi connectivity index (χ3n) is 3.81. The van der Waals surface area contributed by atoms with E-state index in [1.165, 1.54) is 16.0 Å². The molecule has 2 N–H and O–H groups in total. The Kier molecular flexibility index (Phi) is 4.38. The lowest BCUT2D eigenvalue weighted by Crippen LogP contribution is -2.11. The molecular formula is C17H25N3S. The second-order valence-corrected chi connectivity index (χ2v) is 7.61. The van der Waals surface area contributed by atoms with E-state index >= 15 is 0 Å². The van der Waals surface area contributed by atoms with Gasteiger partial charge < -0.3 is 5.73 Å². The number of nitrogens with zero attached hydrogens (tertiary/aromatic N) is 2. The molecule has 0 radical (unpaired) electrons. The van der Waals surface area contributed by atoms with Crippen LogP contribution in [-0.2, 0) is 18.2 Å². The summed E-state index contributed by atoms with van der Waals surface area (Å²) in [5, 5.41) is 4.37. The molecule has 1 aromatic heterocycles. The van der Waals surface area contributed by atoms with E-state index in [1.54, 1.807) is 4.68 Å². The van der Waals surface area contributed by atoms with Crippen LogP contribution in [0.4, 0.5) is 5.82 Å². The van der Waals surface area contributed by atoms with Gasteiger partial charge in [0.1, 0.15) is 5.82 Å². The van der Waals surface area contributed by atoms with Gasteiger partial charge in [-0.05, 0) is 36.5 Å². The zero-order valence-electron chi connectivity index (χ0n) is 13.8. The second-order valence-electron chi connectivity index (χ2n) is 6.59. The summed E-state index contributed by atoms with van der Waals surface area (Å²) in [6, 6.07) is 6.75. The van der Waals surface area contributed by atoms with Crippen molar-refractivity contribution in [2.75, 3.05) is 5.73 Å². The Hall–Kier alpha value is -1.42. The molecule has 0 saturated heterocycles. The van der Waals surface area contributed by atoms with Crippen LogP contribution in [0.25, 0.3) is 0 Å². The van der Waals surface area contributed by atoms with Crippen molar-refractivity contribution in [2.24, 2.45) is 7.05 Å². The van der Waals surface area contributed by atoms with Gasteiger partial charge in [0.25, 0.3) is 0 Å². The average molecular weight is 303 g/mol. The maximum Gasteiger partial charge on any atom is 0.125 e. The van der Waals surface area contributed by atoms with E-state index in [0.717, 1.165) is 22.8 Å². The molecule has 0 unspecified atom stereocenters. The molecule has 3 nitrogen and oxygen atoms in total. The summed E-state index contributed by atoms with van der Waals surface area (Å²) in [5.74, 6) is 1.63. The van der Waals surface area contributed by atoms with Gasteiger partial charge in [0.05, 0.1) is 5.69 Å². The van der Waals surface area contributed by atoms with Crippen molar-refractivity contribution in [3.05, 3.63) is 40.6 Å². The van der Waals surface area contributed by atoms with Gasteiger partial charge in [-0.25, -0.2) is 0 Å². The van der Waals surface area contributed by atoms with Gasteiger partial charge in [-0.3, -0.25) is 4.68 Å². The maximum absolute atomic E-state index is 6.07. The Morgan fingerprint density at radius 3 is 2.38 bits per heavy atom. The third-order valence-corrected chi connectivity index (χ3v) is 5.01. The van der Waals surface area contributed by atoms with Crippen molar-refractivity contribution in [3.8, 4) is 0 Å². The maximum atomic E-state index is 6.07. The highest BCUT2D eigenvalue weighted by atomic mass is 32.2. The molecule has 0 atom stereocenters. The number of nitrogen functional groups attached to an aromatic ring is 1. The number of benzene rings is 1. The quantitative estimate of drug-likeness (QED) is 0.864. The number of anilines is 1. The SMILES string of the molecule is Cc1cc(C(C)(C)C)ccc1SCc1c(C)nn(C)c1N. The Morgan fingerprint density at radius 2 is 1.90 bits per heavy atom. The molecule has 0 saturated carbocycles. The number of thioether (sulfide) groups is 1. The summed E-state index contributed by atoms with van der Waals surface area (Å²) in [6.45, 7) is 10.9. The van der Waals surface area contributed by atoms with Crippen molar-refractivity contribution >= 4 is 17.6 Å². The molecule has 0 aliphatic carbocycles. The smallest absolute Gasteiger partial charge is 0.125 e. The third kappa shape index (κ3) is 3.43. The minimum Gasteiger partial charge on any atom is -0.384 e. The first-order valence-electron chi connectivity index (χ1n) is 7.22. The van der Waals surface area contributed by atoms with Crippen LogP contribution in [0.1, 0.15) is 43.2 Å². The lowest BCUT2D eigenvalue weighted by Gasteiger charge is -2.20. The average Bonchev–Trinajstić information content (AvgIpc) is 2.61. The largest absolute Gasteiger partial charge is 0.384 e. The van der Waals surface area contributed by atoms with Crippen LogP contribution in [0.3, 0.4) is 0 Å². The van der Waals surface area contributed by atoms with Crippen molar-refractivity contribution in [3.63, 3.8) is 0 Å². The van der Waals surface area contributed by atoms with Crippen LogP contribution in [0, 0.1) is 13.8 Å². The number of aromatic nitrogens is 2. The summed E-state index contributed by atoms with van der Waals surface area (Å²) in [4.78, 5) is 1.31. The monoisotopic (exact) mass is 303 g/mol.